The average Bonchev–Trinajstić information content (AvgIpc) is 2.72. The van der Waals surface area contributed by atoms with Crippen molar-refractivity contribution in [1.29, 1.82) is 0 Å². The fraction of sp³-hybridized carbons (Fsp3) is 1.00. The van der Waals surface area contributed by atoms with Crippen molar-refractivity contribution in [3.63, 3.8) is 0 Å². The summed E-state index contributed by atoms with van der Waals surface area (Å²) in [4.78, 5) is 4.74. The fourth-order valence-corrected chi connectivity index (χ4v) is 6.64. The Hall–Kier alpha value is 0.114. The Labute approximate surface area is 175 Å². The molecular formula is C18H44N2O6Si2. The lowest BCUT2D eigenvalue weighted by Gasteiger charge is -2.26. The molecule has 0 atom stereocenters. The van der Waals surface area contributed by atoms with E-state index in [1.54, 1.807) is 42.7 Å². The molecule has 0 fully saturated rings. The van der Waals surface area contributed by atoms with Crippen molar-refractivity contribution in [2.24, 2.45) is 0 Å². The molecule has 8 nitrogen and oxygen atoms in total. The van der Waals surface area contributed by atoms with Crippen LogP contribution in [0.3, 0.4) is 0 Å². The first-order chi connectivity index (χ1) is 13.4. The second-order valence-corrected chi connectivity index (χ2v) is 13.3. The second kappa shape index (κ2) is 15.9. The Morgan fingerprint density at radius 3 is 0.964 bits per heavy atom. The van der Waals surface area contributed by atoms with Crippen molar-refractivity contribution in [3.8, 4) is 0 Å². The van der Waals surface area contributed by atoms with Gasteiger partial charge in [-0.05, 0) is 66.0 Å². The summed E-state index contributed by atoms with van der Waals surface area (Å²) in [5.41, 5.74) is 0. The van der Waals surface area contributed by atoms with Crippen LogP contribution >= 0.6 is 0 Å². The van der Waals surface area contributed by atoms with Gasteiger partial charge in [0.05, 0.1) is 0 Å². The molecule has 0 N–H and O–H groups in total. The molecule has 0 aliphatic heterocycles. The van der Waals surface area contributed by atoms with E-state index in [0.29, 0.717) is 0 Å². The normalized spacial score (nSPS) is 13.1. The monoisotopic (exact) mass is 440 g/mol. The Kier molecular flexibility index (Phi) is 16.0. The zero-order valence-corrected chi connectivity index (χ0v) is 21.4. The topological polar surface area (TPSA) is 61.9 Å². The van der Waals surface area contributed by atoms with Crippen LogP contribution in [0.4, 0.5) is 0 Å². The number of hydrogen-bond donors (Lipinski definition) is 0. The fourth-order valence-electron chi connectivity index (χ4n) is 3.23. The number of hydrogen-bond acceptors (Lipinski definition) is 8. The number of nitrogens with zero attached hydrogens (tertiary/aromatic N) is 2. The molecule has 0 radical (unpaired) electrons. The van der Waals surface area contributed by atoms with Gasteiger partial charge >= 0.3 is 17.6 Å². The Morgan fingerprint density at radius 2 is 0.714 bits per heavy atom. The van der Waals surface area contributed by atoms with E-state index in [4.69, 9.17) is 26.6 Å². The van der Waals surface area contributed by atoms with E-state index in [9.17, 15) is 0 Å². The molecule has 0 spiro atoms. The van der Waals surface area contributed by atoms with Gasteiger partial charge in [-0.3, -0.25) is 0 Å². The molecule has 10 heteroatoms. The summed E-state index contributed by atoms with van der Waals surface area (Å²) in [6.07, 6.45) is 4.41. The molecule has 0 aliphatic carbocycles. The van der Waals surface area contributed by atoms with E-state index >= 15 is 0 Å². The zero-order valence-electron chi connectivity index (χ0n) is 19.4. The molecule has 0 aliphatic rings. The van der Waals surface area contributed by atoms with Gasteiger partial charge < -0.3 is 36.4 Å². The smallest absolute Gasteiger partial charge is 0.377 e. The highest BCUT2D eigenvalue weighted by atomic mass is 28.4. The summed E-state index contributed by atoms with van der Waals surface area (Å²) in [6.45, 7) is 4.25. The van der Waals surface area contributed by atoms with Gasteiger partial charge in [-0.2, -0.15) is 0 Å². The Bertz CT molecular complexity index is 323. The first-order valence-corrected chi connectivity index (χ1v) is 13.9. The molecule has 0 aromatic heterocycles. The molecule has 0 heterocycles. The van der Waals surface area contributed by atoms with Gasteiger partial charge in [-0.25, -0.2) is 0 Å². The minimum Gasteiger partial charge on any atom is -0.377 e. The van der Waals surface area contributed by atoms with Gasteiger partial charge in [0.15, 0.2) is 0 Å². The van der Waals surface area contributed by atoms with Gasteiger partial charge in [0, 0.05) is 54.7 Å². The van der Waals surface area contributed by atoms with Gasteiger partial charge in [0.25, 0.3) is 0 Å². The third kappa shape index (κ3) is 10.8. The summed E-state index contributed by atoms with van der Waals surface area (Å²) in [5.74, 6) is 0. The molecule has 0 aromatic rings. The van der Waals surface area contributed by atoms with Crippen LogP contribution in [0.5, 0.6) is 0 Å². The van der Waals surface area contributed by atoms with Crippen molar-refractivity contribution in [1.82, 2.24) is 9.80 Å². The highest BCUT2D eigenvalue weighted by Crippen LogP contribution is 2.16. The summed E-state index contributed by atoms with van der Waals surface area (Å²) in [7, 11) is 9.49. The van der Waals surface area contributed by atoms with Crippen molar-refractivity contribution < 1.29 is 26.6 Å². The quantitative estimate of drug-likeness (QED) is 0.224. The maximum Gasteiger partial charge on any atom is 0.500 e. The van der Waals surface area contributed by atoms with Crippen LogP contribution in [0.2, 0.25) is 12.1 Å². The molecule has 0 rings (SSSR count). The summed E-state index contributed by atoms with van der Waals surface area (Å²) in [6, 6.07) is 1.69. The van der Waals surface area contributed by atoms with Crippen molar-refractivity contribution in [2.45, 2.75) is 37.8 Å². The Balaban J connectivity index is 3.85. The molecule has 0 saturated carbocycles. The van der Waals surface area contributed by atoms with E-state index in [2.05, 4.69) is 23.9 Å². The maximum atomic E-state index is 5.47. The van der Waals surface area contributed by atoms with Crippen LogP contribution in [0, 0.1) is 0 Å². The van der Waals surface area contributed by atoms with Crippen molar-refractivity contribution in [2.75, 3.05) is 82.9 Å². The highest BCUT2D eigenvalue weighted by molar-refractivity contribution is 6.60. The lowest BCUT2D eigenvalue weighted by Crippen LogP contribution is -2.43. The van der Waals surface area contributed by atoms with Crippen molar-refractivity contribution in [3.05, 3.63) is 0 Å². The van der Waals surface area contributed by atoms with Crippen LogP contribution in [0.15, 0.2) is 0 Å². The molecular weight excluding hydrogens is 396 g/mol. The highest BCUT2D eigenvalue weighted by Gasteiger charge is 2.37. The van der Waals surface area contributed by atoms with E-state index in [1.807, 2.05) is 0 Å². The minimum atomic E-state index is -2.43. The lowest BCUT2D eigenvalue weighted by molar-refractivity contribution is 0.121. The lowest BCUT2D eigenvalue weighted by atomic mass is 10.2. The molecule has 28 heavy (non-hydrogen) atoms. The third-order valence-electron chi connectivity index (χ3n) is 5.24. The van der Waals surface area contributed by atoms with E-state index in [1.165, 1.54) is 12.8 Å². The minimum absolute atomic E-state index is 0.846. The van der Waals surface area contributed by atoms with Gasteiger partial charge in [0.2, 0.25) is 0 Å². The SMILES string of the molecule is CO[Si](CCCN(C)CCCCN(C)CCC[Si](OC)(OC)OC)(OC)OC. The standard InChI is InChI=1S/C18H44N2O6Si2/c1-19(15-11-17-27(21-3,22-4)23-5)13-9-10-14-20(2)16-12-18-28(24-6,25-7)26-8/h9-18H2,1-8H3. The summed E-state index contributed by atoms with van der Waals surface area (Å²) < 4.78 is 32.8. The predicted molar refractivity (Wildman–Crippen MR) is 117 cm³/mol. The largest absolute Gasteiger partial charge is 0.500 e. The maximum absolute atomic E-state index is 5.47. The van der Waals surface area contributed by atoms with Crippen LogP contribution in [-0.2, 0) is 26.6 Å². The van der Waals surface area contributed by atoms with Gasteiger partial charge in [-0.1, -0.05) is 0 Å². The summed E-state index contributed by atoms with van der Waals surface area (Å²) in [5, 5.41) is 0. The van der Waals surface area contributed by atoms with E-state index < -0.39 is 17.6 Å². The second-order valence-electron chi connectivity index (χ2n) is 7.11. The first-order valence-electron chi connectivity index (χ1n) is 10.0. The van der Waals surface area contributed by atoms with Crippen molar-refractivity contribution >= 4 is 17.6 Å². The van der Waals surface area contributed by atoms with Crippen LogP contribution in [0.25, 0.3) is 0 Å². The van der Waals surface area contributed by atoms with Gasteiger partial charge in [-0.15, -0.1) is 0 Å². The molecule has 0 unspecified atom stereocenters. The van der Waals surface area contributed by atoms with Crippen LogP contribution in [-0.4, -0.2) is 110 Å². The van der Waals surface area contributed by atoms with E-state index in [-0.39, 0.29) is 0 Å². The van der Waals surface area contributed by atoms with E-state index in [0.717, 1.165) is 51.1 Å². The summed E-state index contributed by atoms with van der Waals surface area (Å²) >= 11 is 0. The molecule has 0 aromatic carbocycles. The van der Waals surface area contributed by atoms with Crippen LogP contribution < -0.4 is 0 Å². The van der Waals surface area contributed by atoms with Crippen LogP contribution in [0.1, 0.15) is 25.7 Å². The number of rotatable bonds is 19. The molecule has 0 bridgehead atoms. The Morgan fingerprint density at radius 1 is 0.464 bits per heavy atom. The predicted octanol–water partition coefficient (Wildman–Crippen LogP) is 2.17. The molecule has 170 valence electrons. The average molecular weight is 441 g/mol. The third-order valence-corrected chi connectivity index (χ3v) is 10.9. The zero-order chi connectivity index (χ0) is 21.5. The molecule has 0 amide bonds. The van der Waals surface area contributed by atoms with Gasteiger partial charge in [0.1, 0.15) is 0 Å². The first kappa shape index (κ1) is 28.1. The molecule has 0 saturated heterocycles. The number of unbranched alkanes of at least 4 members (excludes halogenated alkanes) is 1.